The van der Waals surface area contributed by atoms with E-state index in [0.29, 0.717) is 18.5 Å². The monoisotopic (exact) mass is 299 g/mol. The summed E-state index contributed by atoms with van der Waals surface area (Å²) in [5.74, 6) is 0.0159. The van der Waals surface area contributed by atoms with Crippen LogP contribution in [0.1, 0.15) is 37.0 Å². The molecule has 20 heavy (non-hydrogen) atoms. The minimum Gasteiger partial charge on any atom is -0.396 e. The van der Waals surface area contributed by atoms with E-state index in [9.17, 15) is 13.2 Å². The van der Waals surface area contributed by atoms with E-state index in [4.69, 9.17) is 5.11 Å². The van der Waals surface area contributed by atoms with Crippen molar-refractivity contribution in [3.8, 4) is 0 Å². The summed E-state index contributed by atoms with van der Waals surface area (Å²) in [5, 5.41) is 8.89. The maximum atomic E-state index is 12.1. The predicted molar refractivity (Wildman–Crippen MR) is 77.1 cm³/mol. The fraction of sp³-hybridized carbons (Fsp3) is 0.500. The number of Topliss-reactive ketones (excluding diaryl/α,β-unsaturated/α-hetero) is 1. The van der Waals surface area contributed by atoms with E-state index in [1.165, 1.54) is 31.2 Å². The van der Waals surface area contributed by atoms with Crippen molar-refractivity contribution < 1.29 is 18.3 Å². The van der Waals surface area contributed by atoms with Crippen molar-refractivity contribution in [2.75, 3.05) is 13.2 Å². The molecule has 0 aliphatic rings. The lowest BCUT2D eigenvalue weighted by molar-refractivity contribution is 0.101. The lowest BCUT2D eigenvalue weighted by Gasteiger charge is -2.14. The van der Waals surface area contributed by atoms with Crippen LogP contribution in [0.2, 0.25) is 0 Å². The second-order valence-corrected chi connectivity index (χ2v) is 6.49. The molecule has 0 saturated carbocycles. The van der Waals surface area contributed by atoms with Crippen molar-refractivity contribution in [2.45, 2.75) is 31.6 Å². The van der Waals surface area contributed by atoms with Crippen molar-refractivity contribution in [2.24, 2.45) is 5.92 Å². The maximum absolute atomic E-state index is 12.1. The summed E-state index contributed by atoms with van der Waals surface area (Å²) in [6, 6.07) is 5.85. The van der Waals surface area contributed by atoms with E-state index in [1.54, 1.807) is 0 Å². The molecule has 0 amide bonds. The van der Waals surface area contributed by atoms with Gasteiger partial charge in [-0.1, -0.05) is 25.5 Å². The number of hydrogen-bond donors (Lipinski definition) is 2. The fourth-order valence-electron chi connectivity index (χ4n) is 1.81. The Morgan fingerprint density at radius 3 is 2.35 bits per heavy atom. The number of rotatable bonds is 8. The highest BCUT2D eigenvalue weighted by Crippen LogP contribution is 2.13. The van der Waals surface area contributed by atoms with Gasteiger partial charge in [0, 0.05) is 18.7 Å². The van der Waals surface area contributed by atoms with Crippen LogP contribution < -0.4 is 4.72 Å². The Morgan fingerprint density at radius 2 is 1.90 bits per heavy atom. The third-order valence-electron chi connectivity index (χ3n) is 3.25. The molecular weight excluding hydrogens is 278 g/mol. The molecule has 0 spiro atoms. The molecule has 2 N–H and O–H groups in total. The summed E-state index contributed by atoms with van der Waals surface area (Å²) in [4.78, 5) is 11.3. The maximum Gasteiger partial charge on any atom is 0.240 e. The highest BCUT2D eigenvalue weighted by Gasteiger charge is 2.16. The van der Waals surface area contributed by atoms with Crippen LogP contribution in [0.5, 0.6) is 0 Å². The van der Waals surface area contributed by atoms with E-state index in [-0.39, 0.29) is 23.2 Å². The standard InChI is InChI=1S/C14H21NO4S/c1-3-12(8-9-16)10-15-20(18,19)14-6-4-13(5-7-14)11(2)17/h4-7,12,15-16H,3,8-10H2,1-2H3. The minimum absolute atomic E-state index is 0.0491. The van der Waals surface area contributed by atoms with Crippen molar-refractivity contribution in [3.05, 3.63) is 29.8 Å². The highest BCUT2D eigenvalue weighted by atomic mass is 32.2. The zero-order valence-corrected chi connectivity index (χ0v) is 12.6. The normalized spacial score (nSPS) is 13.2. The van der Waals surface area contributed by atoms with Crippen molar-refractivity contribution >= 4 is 15.8 Å². The first-order valence-electron chi connectivity index (χ1n) is 6.62. The Labute approximate surface area is 120 Å². The average Bonchev–Trinajstić information content (AvgIpc) is 2.43. The second-order valence-electron chi connectivity index (χ2n) is 4.72. The van der Waals surface area contributed by atoms with Gasteiger partial charge in [0.25, 0.3) is 0 Å². The summed E-state index contributed by atoms with van der Waals surface area (Å²) >= 11 is 0. The lowest BCUT2D eigenvalue weighted by atomic mass is 10.0. The van der Waals surface area contributed by atoms with Crippen LogP contribution in [-0.4, -0.2) is 32.5 Å². The van der Waals surface area contributed by atoms with Gasteiger partial charge in [-0.15, -0.1) is 0 Å². The lowest BCUT2D eigenvalue weighted by Crippen LogP contribution is -2.29. The quantitative estimate of drug-likeness (QED) is 0.714. The van der Waals surface area contributed by atoms with Gasteiger partial charge < -0.3 is 5.11 Å². The molecule has 0 aromatic heterocycles. The number of carbonyl (C=O) groups is 1. The highest BCUT2D eigenvalue weighted by molar-refractivity contribution is 7.89. The molecular formula is C14H21NO4S. The number of ketones is 1. The summed E-state index contributed by atoms with van der Waals surface area (Å²) in [6.07, 6.45) is 1.37. The predicted octanol–water partition coefficient (Wildman–Crippen LogP) is 1.58. The Morgan fingerprint density at radius 1 is 1.30 bits per heavy atom. The third kappa shape index (κ3) is 4.70. The molecule has 1 aromatic rings. The van der Waals surface area contributed by atoms with Crippen molar-refractivity contribution in [1.82, 2.24) is 4.72 Å². The van der Waals surface area contributed by atoms with Gasteiger partial charge >= 0.3 is 0 Å². The first-order chi connectivity index (χ1) is 9.40. The first-order valence-corrected chi connectivity index (χ1v) is 8.10. The number of aliphatic hydroxyl groups excluding tert-OH is 1. The van der Waals surface area contributed by atoms with Crippen LogP contribution in [0.4, 0.5) is 0 Å². The van der Waals surface area contributed by atoms with Gasteiger partial charge in [0.15, 0.2) is 5.78 Å². The molecule has 0 heterocycles. The fourth-order valence-corrected chi connectivity index (χ4v) is 2.93. The van der Waals surface area contributed by atoms with Crippen molar-refractivity contribution in [1.29, 1.82) is 0 Å². The van der Waals surface area contributed by atoms with Gasteiger partial charge in [-0.2, -0.15) is 0 Å². The van der Waals surface area contributed by atoms with Gasteiger partial charge in [-0.05, 0) is 31.4 Å². The van der Waals surface area contributed by atoms with E-state index in [1.807, 2.05) is 6.92 Å². The molecule has 112 valence electrons. The van der Waals surface area contributed by atoms with Crippen LogP contribution in [0.15, 0.2) is 29.2 Å². The van der Waals surface area contributed by atoms with E-state index >= 15 is 0 Å². The molecule has 0 radical (unpaired) electrons. The van der Waals surface area contributed by atoms with Gasteiger partial charge in [0.2, 0.25) is 10.0 Å². The second kappa shape index (κ2) is 7.52. The average molecular weight is 299 g/mol. The molecule has 1 aromatic carbocycles. The van der Waals surface area contributed by atoms with Gasteiger partial charge in [-0.25, -0.2) is 13.1 Å². The molecule has 1 atom stereocenters. The largest absolute Gasteiger partial charge is 0.396 e. The summed E-state index contributed by atoms with van der Waals surface area (Å²) in [5.41, 5.74) is 0.482. The molecule has 1 rings (SSSR count). The molecule has 0 aliphatic heterocycles. The van der Waals surface area contributed by atoms with E-state index in [2.05, 4.69) is 4.72 Å². The minimum atomic E-state index is -3.57. The van der Waals surface area contributed by atoms with Crippen LogP contribution in [0.25, 0.3) is 0 Å². The van der Waals surface area contributed by atoms with Gasteiger partial charge in [0.1, 0.15) is 0 Å². The number of nitrogens with one attached hydrogen (secondary N) is 1. The molecule has 6 heteroatoms. The van der Waals surface area contributed by atoms with Crippen LogP contribution in [0.3, 0.4) is 0 Å². The Balaban J connectivity index is 2.75. The summed E-state index contributed by atoms with van der Waals surface area (Å²) < 4.78 is 26.7. The number of hydrogen-bond acceptors (Lipinski definition) is 4. The van der Waals surface area contributed by atoms with E-state index in [0.717, 1.165) is 6.42 Å². The Kier molecular flexibility index (Phi) is 6.32. The molecule has 0 saturated heterocycles. The first kappa shape index (κ1) is 16.8. The topological polar surface area (TPSA) is 83.5 Å². The number of aliphatic hydroxyl groups is 1. The Bertz CT molecular complexity index is 537. The zero-order chi connectivity index (χ0) is 15.2. The zero-order valence-electron chi connectivity index (χ0n) is 11.8. The molecule has 1 unspecified atom stereocenters. The SMILES string of the molecule is CCC(CCO)CNS(=O)(=O)c1ccc(C(C)=O)cc1. The molecule has 0 fully saturated rings. The molecule has 5 nitrogen and oxygen atoms in total. The third-order valence-corrected chi connectivity index (χ3v) is 4.69. The van der Waals surface area contributed by atoms with Crippen LogP contribution in [-0.2, 0) is 10.0 Å². The van der Waals surface area contributed by atoms with Crippen LogP contribution >= 0.6 is 0 Å². The van der Waals surface area contributed by atoms with Crippen LogP contribution in [0, 0.1) is 5.92 Å². The number of benzene rings is 1. The summed E-state index contributed by atoms with van der Waals surface area (Å²) in [6.45, 7) is 3.74. The number of sulfonamides is 1. The number of carbonyl (C=O) groups excluding carboxylic acids is 1. The molecule has 0 aliphatic carbocycles. The smallest absolute Gasteiger partial charge is 0.240 e. The van der Waals surface area contributed by atoms with Gasteiger partial charge in [-0.3, -0.25) is 4.79 Å². The summed E-state index contributed by atoms with van der Waals surface area (Å²) in [7, 11) is -3.57. The van der Waals surface area contributed by atoms with Gasteiger partial charge in [0.05, 0.1) is 4.90 Å². The molecule has 0 bridgehead atoms. The van der Waals surface area contributed by atoms with Crippen molar-refractivity contribution in [3.63, 3.8) is 0 Å². The van der Waals surface area contributed by atoms with E-state index < -0.39 is 10.0 Å². The Hall–Kier alpha value is -1.24.